The summed E-state index contributed by atoms with van der Waals surface area (Å²) in [6, 6.07) is 0. The van der Waals surface area contributed by atoms with Gasteiger partial charge in [0.25, 0.3) is 5.52 Å². The zero-order valence-corrected chi connectivity index (χ0v) is 14.3. The van der Waals surface area contributed by atoms with E-state index >= 15 is 0 Å². The molecule has 0 bridgehead atoms. The van der Waals surface area contributed by atoms with E-state index in [1.54, 1.807) is 41.9 Å². The molecule has 0 heterocycles. The van der Waals surface area contributed by atoms with Crippen LogP contribution in [0.25, 0.3) is 0 Å². The van der Waals surface area contributed by atoms with Gasteiger partial charge in [0.05, 0.1) is 41.0 Å². The highest BCUT2D eigenvalue weighted by molar-refractivity contribution is 7.71. The Kier molecular flexibility index (Phi) is 7.42. The molecule has 1 N–H and O–H groups in total. The third kappa shape index (κ3) is 5.27. The molecular weight excluding hydrogens is 292 g/mol. The molecule has 19 heavy (non-hydrogen) atoms. The molecule has 2 atom stereocenters. The van der Waals surface area contributed by atoms with Gasteiger partial charge in [0.1, 0.15) is 0 Å². The van der Waals surface area contributed by atoms with E-state index in [9.17, 15) is 14.0 Å². The first kappa shape index (κ1) is 19.3. The van der Waals surface area contributed by atoms with Crippen molar-refractivity contribution in [2.75, 3.05) is 41.0 Å². The van der Waals surface area contributed by atoms with E-state index in [4.69, 9.17) is 13.6 Å². The number of quaternary nitrogens is 1. The van der Waals surface area contributed by atoms with Gasteiger partial charge in [-0.2, -0.15) is 0 Å². The highest BCUT2D eigenvalue weighted by Gasteiger charge is 2.57. The topological polar surface area (TPSA) is 82.1 Å². The zero-order valence-electron chi connectivity index (χ0n) is 12.5. The van der Waals surface area contributed by atoms with Crippen LogP contribution < -0.4 is 0 Å². The van der Waals surface area contributed by atoms with Crippen LogP contribution in [0, 0.1) is 0 Å². The van der Waals surface area contributed by atoms with Crippen molar-refractivity contribution in [3.8, 4) is 0 Å². The predicted octanol–water partition coefficient (Wildman–Crippen LogP) is 2.46. The van der Waals surface area contributed by atoms with Gasteiger partial charge in [0, 0.05) is 0 Å². The molecule has 116 valence electrons. The second-order valence-electron chi connectivity index (χ2n) is 4.82. The maximum atomic E-state index is 12.8. The SMILES string of the molecule is CCOP(=O)(O)C([N+](C)(C)C)P(=O)(OCC)OCC. The lowest BCUT2D eigenvalue weighted by molar-refractivity contribution is -0.871. The molecule has 0 aromatic carbocycles. The van der Waals surface area contributed by atoms with Crippen molar-refractivity contribution in [1.82, 2.24) is 0 Å². The van der Waals surface area contributed by atoms with E-state index in [0.717, 1.165) is 0 Å². The molecule has 0 amide bonds. The van der Waals surface area contributed by atoms with Crippen LogP contribution in [-0.2, 0) is 22.7 Å². The van der Waals surface area contributed by atoms with E-state index < -0.39 is 20.7 Å². The normalized spacial score (nSPS) is 18.1. The summed E-state index contributed by atoms with van der Waals surface area (Å²) in [4.78, 5) is 10.1. The Morgan fingerprint density at radius 1 is 0.947 bits per heavy atom. The molecule has 0 saturated heterocycles. The second-order valence-corrected chi connectivity index (χ2v) is 9.19. The summed E-state index contributed by atoms with van der Waals surface area (Å²) in [7, 11) is -2.96. The number of nitrogens with zero attached hydrogens (tertiary/aromatic N) is 1. The molecule has 0 spiro atoms. The smallest absolute Gasteiger partial charge is 0.320 e. The van der Waals surface area contributed by atoms with Gasteiger partial charge >= 0.3 is 15.2 Å². The van der Waals surface area contributed by atoms with Gasteiger partial charge in [0.2, 0.25) is 0 Å². The van der Waals surface area contributed by atoms with Crippen LogP contribution in [0.5, 0.6) is 0 Å². The largest absolute Gasteiger partial charge is 0.400 e. The number of rotatable bonds is 9. The first-order valence-electron chi connectivity index (χ1n) is 6.22. The number of hydrogen-bond acceptors (Lipinski definition) is 5. The Balaban J connectivity index is 5.70. The van der Waals surface area contributed by atoms with Crippen LogP contribution in [0.1, 0.15) is 20.8 Å². The molecule has 0 aromatic rings. The summed E-state index contributed by atoms with van der Waals surface area (Å²) in [6.45, 7) is 5.20. The van der Waals surface area contributed by atoms with Gasteiger partial charge in [-0.05, 0) is 20.8 Å². The molecule has 2 unspecified atom stereocenters. The standard InChI is InChI=1S/C10H25NO6P2/c1-7-15-18(12,13)10(11(4,5)6)19(14,16-8-2)17-9-3/h10H,7-9H2,1-6H3/p+1. The third-order valence-corrected chi connectivity index (χ3v) is 8.32. The molecule has 0 aliphatic carbocycles. The fraction of sp³-hybridized carbons (Fsp3) is 1.00. The Morgan fingerprint density at radius 3 is 1.58 bits per heavy atom. The minimum Gasteiger partial charge on any atom is -0.320 e. The maximum Gasteiger partial charge on any atom is 0.400 e. The minimum absolute atomic E-state index is 0.0442. The maximum absolute atomic E-state index is 12.8. The van der Waals surface area contributed by atoms with Crippen molar-refractivity contribution in [3.05, 3.63) is 0 Å². The highest BCUT2D eigenvalue weighted by Crippen LogP contribution is 2.69. The van der Waals surface area contributed by atoms with E-state index in [1.165, 1.54) is 0 Å². The summed E-state index contributed by atoms with van der Waals surface area (Å²) < 4.78 is 40.4. The van der Waals surface area contributed by atoms with Gasteiger partial charge in [-0.1, -0.05) is 0 Å². The van der Waals surface area contributed by atoms with Crippen LogP contribution in [0.15, 0.2) is 0 Å². The van der Waals surface area contributed by atoms with E-state index in [1.807, 2.05) is 0 Å². The van der Waals surface area contributed by atoms with Crippen LogP contribution in [0.2, 0.25) is 0 Å². The molecule has 0 aliphatic heterocycles. The molecule has 0 rings (SSSR count). The Labute approximate surface area is 115 Å². The molecule has 0 saturated carbocycles. The van der Waals surface area contributed by atoms with Gasteiger partial charge in [-0.15, -0.1) is 0 Å². The first-order chi connectivity index (χ1) is 8.55. The fourth-order valence-corrected chi connectivity index (χ4v) is 7.14. The summed E-state index contributed by atoms with van der Waals surface area (Å²) in [5, 5.41) is 0. The van der Waals surface area contributed by atoms with Crippen LogP contribution >= 0.6 is 15.2 Å². The molecule has 0 radical (unpaired) electrons. The zero-order chi connectivity index (χ0) is 15.3. The van der Waals surface area contributed by atoms with Gasteiger partial charge in [-0.3, -0.25) is 9.13 Å². The Bertz CT molecular complexity index is 358. The lowest BCUT2D eigenvalue weighted by Crippen LogP contribution is -2.45. The fourth-order valence-electron chi connectivity index (χ4n) is 1.82. The second kappa shape index (κ2) is 7.32. The molecule has 0 aliphatic rings. The van der Waals surface area contributed by atoms with Crippen molar-refractivity contribution < 1.29 is 32.1 Å². The highest BCUT2D eigenvalue weighted by atomic mass is 31.2. The van der Waals surface area contributed by atoms with Gasteiger partial charge in [0.15, 0.2) is 0 Å². The van der Waals surface area contributed by atoms with Crippen molar-refractivity contribution >= 4 is 15.2 Å². The van der Waals surface area contributed by atoms with E-state index in [0.29, 0.717) is 0 Å². The van der Waals surface area contributed by atoms with Crippen molar-refractivity contribution in [1.29, 1.82) is 0 Å². The summed E-state index contributed by atoms with van der Waals surface area (Å²) in [5.41, 5.74) is -1.28. The van der Waals surface area contributed by atoms with Crippen molar-refractivity contribution in [2.45, 2.75) is 26.3 Å². The summed E-state index contributed by atoms with van der Waals surface area (Å²) in [6.07, 6.45) is 0. The average Bonchev–Trinajstić information content (AvgIpc) is 2.13. The number of hydrogen-bond donors (Lipinski definition) is 1. The monoisotopic (exact) mass is 318 g/mol. The Morgan fingerprint density at radius 2 is 1.32 bits per heavy atom. The van der Waals surface area contributed by atoms with Gasteiger partial charge in [-0.25, -0.2) is 0 Å². The van der Waals surface area contributed by atoms with Crippen LogP contribution in [-0.4, -0.2) is 55.9 Å². The van der Waals surface area contributed by atoms with Crippen LogP contribution in [0.4, 0.5) is 0 Å². The summed E-state index contributed by atoms with van der Waals surface area (Å²) in [5.74, 6) is 0. The van der Waals surface area contributed by atoms with Crippen molar-refractivity contribution in [3.63, 3.8) is 0 Å². The molecular formula is C10H26NO6P2+. The average molecular weight is 318 g/mol. The predicted molar refractivity (Wildman–Crippen MR) is 74.1 cm³/mol. The van der Waals surface area contributed by atoms with E-state index in [2.05, 4.69) is 0 Å². The van der Waals surface area contributed by atoms with Crippen LogP contribution in [0.3, 0.4) is 0 Å². The molecule has 0 fully saturated rings. The van der Waals surface area contributed by atoms with E-state index in [-0.39, 0.29) is 24.3 Å². The quantitative estimate of drug-likeness (QED) is 0.519. The minimum atomic E-state index is -4.15. The molecule has 0 aromatic heterocycles. The lowest BCUT2D eigenvalue weighted by Gasteiger charge is -2.38. The van der Waals surface area contributed by atoms with Crippen molar-refractivity contribution in [2.24, 2.45) is 0 Å². The van der Waals surface area contributed by atoms with Gasteiger partial charge < -0.3 is 22.9 Å². The molecule has 7 nitrogen and oxygen atoms in total. The summed E-state index contributed by atoms with van der Waals surface area (Å²) >= 11 is 0. The molecule has 9 heteroatoms. The third-order valence-electron chi connectivity index (χ3n) is 2.20. The first-order valence-corrected chi connectivity index (χ1v) is 9.47. The Hall–Kier alpha value is 0.260. The lowest BCUT2D eigenvalue weighted by atomic mass is 10.8.